The average molecular weight is 266 g/mol. The first-order valence-electron chi connectivity index (χ1n) is 5.47. The smallest absolute Gasteiger partial charge is 0.243 e. The van der Waals surface area contributed by atoms with Crippen molar-refractivity contribution in [2.75, 3.05) is 20.2 Å². The van der Waals surface area contributed by atoms with Crippen LogP contribution in [-0.4, -0.2) is 43.0 Å². The van der Waals surface area contributed by atoms with E-state index in [0.717, 1.165) is 9.69 Å². The van der Waals surface area contributed by atoms with E-state index in [0.29, 0.717) is 5.39 Å². The van der Waals surface area contributed by atoms with Gasteiger partial charge in [0.2, 0.25) is 10.0 Å². The third-order valence-electron chi connectivity index (χ3n) is 2.74. The molecule has 2 rings (SSSR count). The van der Waals surface area contributed by atoms with Crippen molar-refractivity contribution in [1.82, 2.24) is 9.29 Å². The maximum Gasteiger partial charge on any atom is 0.243 e. The van der Waals surface area contributed by atoms with Crippen LogP contribution < -0.4 is 0 Å². The lowest BCUT2D eigenvalue weighted by molar-refractivity contribution is 0.266. The molecular formula is C12H14N2O3S. The van der Waals surface area contributed by atoms with Gasteiger partial charge in [0.15, 0.2) is 0 Å². The molecular weight excluding hydrogens is 252 g/mol. The summed E-state index contributed by atoms with van der Waals surface area (Å²) >= 11 is 0. The highest BCUT2D eigenvalue weighted by molar-refractivity contribution is 7.89. The lowest BCUT2D eigenvalue weighted by Crippen LogP contribution is -2.29. The van der Waals surface area contributed by atoms with Crippen molar-refractivity contribution in [3.8, 4) is 0 Å². The molecule has 0 radical (unpaired) electrons. The Morgan fingerprint density at radius 1 is 1.33 bits per heavy atom. The molecule has 0 amide bonds. The van der Waals surface area contributed by atoms with Crippen LogP contribution in [0.15, 0.2) is 41.6 Å². The number of pyridine rings is 1. The highest BCUT2D eigenvalue weighted by Gasteiger charge is 2.22. The van der Waals surface area contributed by atoms with Gasteiger partial charge >= 0.3 is 0 Å². The molecule has 96 valence electrons. The molecule has 0 fully saturated rings. The number of likely N-dealkylation sites (N-methyl/N-ethyl adjacent to an activating group) is 1. The molecule has 1 aromatic carbocycles. The fraction of sp³-hybridized carbons (Fsp3) is 0.250. The average Bonchev–Trinajstić information content (AvgIpc) is 2.38. The number of aromatic nitrogens is 1. The van der Waals surface area contributed by atoms with E-state index < -0.39 is 10.0 Å². The summed E-state index contributed by atoms with van der Waals surface area (Å²) in [7, 11) is -2.13. The van der Waals surface area contributed by atoms with E-state index in [1.807, 2.05) is 6.07 Å². The lowest BCUT2D eigenvalue weighted by atomic mass is 10.2. The van der Waals surface area contributed by atoms with Crippen LogP contribution in [-0.2, 0) is 10.0 Å². The maximum absolute atomic E-state index is 12.3. The second-order valence-corrected chi connectivity index (χ2v) is 5.92. The number of rotatable bonds is 4. The van der Waals surface area contributed by atoms with Gasteiger partial charge < -0.3 is 5.11 Å². The molecule has 5 nitrogen and oxygen atoms in total. The molecule has 0 atom stereocenters. The summed E-state index contributed by atoms with van der Waals surface area (Å²) in [6.07, 6.45) is 3.19. The zero-order valence-electron chi connectivity index (χ0n) is 9.94. The topological polar surface area (TPSA) is 70.5 Å². The quantitative estimate of drug-likeness (QED) is 0.890. The van der Waals surface area contributed by atoms with Gasteiger partial charge in [0.25, 0.3) is 0 Å². The minimum Gasteiger partial charge on any atom is -0.395 e. The van der Waals surface area contributed by atoms with Gasteiger partial charge in [-0.1, -0.05) is 12.1 Å². The van der Waals surface area contributed by atoms with Crippen LogP contribution in [0.25, 0.3) is 10.8 Å². The van der Waals surface area contributed by atoms with E-state index in [1.54, 1.807) is 30.6 Å². The Balaban J connectivity index is 2.61. The maximum atomic E-state index is 12.3. The molecule has 1 heterocycles. The predicted molar refractivity (Wildman–Crippen MR) is 68.6 cm³/mol. The largest absolute Gasteiger partial charge is 0.395 e. The van der Waals surface area contributed by atoms with Crippen LogP contribution in [0.2, 0.25) is 0 Å². The fourth-order valence-electron chi connectivity index (χ4n) is 1.75. The van der Waals surface area contributed by atoms with E-state index in [2.05, 4.69) is 4.98 Å². The minimum absolute atomic E-state index is 0.0732. The Morgan fingerprint density at radius 3 is 2.83 bits per heavy atom. The standard InChI is InChI=1S/C12H14N2O3S/c1-14(7-8-15)18(16,17)12-4-2-3-10-9-13-6-5-11(10)12/h2-6,9,15H,7-8H2,1H3. The first-order valence-corrected chi connectivity index (χ1v) is 6.91. The molecule has 0 saturated heterocycles. The number of aliphatic hydroxyl groups is 1. The first-order chi connectivity index (χ1) is 8.57. The summed E-state index contributed by atoms with van der Waals surface area (Å²) < 4.78 is 25.8. The molecule has 0 aliphatic rings. The summed E-state index contributed by atoms with van der Waals surface area (Å²) in [5.74, 6) is 0. The van der Waals surface area contributed by atoms with Crippen LogP contribution in [0, 0.1) is 0 Å². The van der Waals surface area contributed by atoms with Crippen LogP contribution in [0.5, 0.6) is 0 Å². The van der Waals surface area contributed by atoms with E-state index in [9.17, 15) is 8.42 Å². The minimum atomic E-state index is -3.58. The first kappa shape index (κ1) is 12.9. The highest BCUT2D eigenvalue weighted by Crippen LogP contribution is 2.24. The van der Waals surface area contributed by atoms with Gasteiger partial charge in [0, 0.05) is 36.8 Å². The molecule has 0 aliphatic carbocycles. The van der Waals surface area contributed by atoms with Crippen molar-refractivity contribution < 1.29 is 13.5 Å². The van der Waals surface area contributed by atoms with Crippen molar-refractivity contribution in [2.45, 2.75) is 4.90 Å². The number of hydrogen-bond acceptors (Lipinski definition) is 4. The summed E-state index contributed by atoms with van der Waals surface area (Å²) in [5, 5.41) is 10.3. The molecule has 0 unspecified atom stereocenters. The van der Waals surface area contributed by atoms with Gasteiger partial charge in [-0.3, -0.25) is 4.98 Å². The van der Waals surface area contributed by atoms with Crippen molar-refractivity contribution in [3.05, 3.63) is 36.7 Å². The van der Waals surface area contributed by atoms with Crippen molar-refractivity contribution >= 4 is 20.8 Å². The highest BCUT2D eigenvalue weighted by atomic mass is 32.2. The van der Waals surface area contributed by atoms with Gasteiger partial charge in [-0.05, 0) is 12.1 Å². The molecule has 1 aromatic heterocycles. The number of nitrogens with zero attached hydrogens (tertiary/aromatic N) is 2. The molecule has 18 heavy (non-hydrogen) atoms. The van der Waals surface area contributed by atoms with E-state index in [4.69, 9.17) is 5.11 Å². The van der Waals surface area contributed by atoms with Crippen molar-refractivity contribution in [1.29, 1.82) is 0 Å². The zero-order valence-corrected chi connectivity index (χ0v) is 10.8. The summed E-state index contributed by atoms with van der Waals surface area (Å²) in [4.78, 5) is 4.20. The Hall–Kier alpha value is -1.50. The van der Waals surface area contributed by atoms with Gasteiger partial charge in [0.1, 0.15) is 0 Å². The lowest BCUT2D eigenvalue weighted by Gasteiger charge is -2.17. The van der Waals surface area contributed by atoms with Crippen LogP contribution in [0.4, 0.5) is 0 Å². The van der Waals surface area contributed by atoms with Gasteiger partial charge in [0.05, 0.1) is 11.5 Å². The van der Waals surface area contributed by atoms with Gasteiger partial charge in [-0.25, -0.2) is 8.42 Å². The van der Waals surface area contributed by atoms with Crippen LogP contribution in [0.1, 0.15) is 0 Å². The zero-order chi connectivity index (χ0) is 13.2. The van der Waals surface area contributed by atoms with Gasteiger partial charge in [-0.2, -0.15) is 4.31 Å². The Labute approximate surface area is 106 Å². The number of fused-ring (bicyclic) bond motifs is 1. The number of aliphatic hydroxyl groups excluding tert-OH is 1. The van der Waals surface area contributed by atoms with E-state index >= 15 is 0 Å². The molecule has 0 spiro atoms. The number of hydrogen-bond donors (Lipinski definition) is 1. The SMILES string of the molecule is CN(CCO)S(=O)(=O)c1cccc2cnccc12. The second kappa shape index (κ2) is 5.01. The number of sulfonamides is 1. The molecule has 0 bridgehead atoms. The summed E-state index contributed by atoms with van der Waals surface area (Å²) in [6.45, 7) is -0.133. The predicted octanol–water partition coefficient (Wildman–Crippen LogP) is 0.848. The monoisotopic (exact) mass is 266 g/mol. The Kier molecular flexibility index (Phi) is 3.60. The Morgan fingerprint density at radius 2 is 2.11 bits per heavy atom. The fourth-order valence-corrected chi connectivity index (χ4v) is 3.12. The third kappa shape index (κ3) is 2.22. The molecule has 6 heteroatoms. The third-order valence-corrected chi connectivity index (χ3v) is 4.66. The van der Waals surface area contributed by atoms with E-state index in [-0.39, 0.29) is 18.0 Å². The summed E-state index contributed by atoms with van der Waals surface area (Å²) in [5.41, 5.74) is 0. The Bertz CT molecular complexity index is 650. The van der Waals surface area contributed by atoms with Gasteiger partial charge in [-0.15, -0.1) is 0 Å². The summed E-state index contributed by atoms with van der Waals surface area (Å²) in [6, 6.07) is 6.73. The number of benzene rings is 1. The van der Waals surface area contributed by atoms with Crippen molar-refractivity contribution in [3.63, 3.8) is 0 Å². The molecule has 1 N–H and O–H groups in total. The molecule has 0 saturated carbocycles. The van der Waals surface area contributed by atoms with Crippen molar-refractivity contribution in [2.24, 2.45) is 0 Å². The van der Waals surface area contributed by atoms with Crippen LogP contribution in [0.3, 0.4) is 0 Å². The second-order valence-electron chi connectivity index (χ2n) is 3.90. The molecule has 0 aliphatic heterocycles. The molecule has 2 aromatic rings. The normalized spacial score (nSPS) is 12.2. The van der Waals surface area contributed by atoms with E-state index in [1.165, 1.54) is 7.05 Å². The van der Waals surface area contributed by atoms with Crippen LogP contribution >= 0.6 is 0 Å².